The maximum absolute atomic E-state index is 11.9. The van der Waals surface area contributed by atoms with Gasteiger partial charge < -0.3 is 9.47 Å². The molecule has 25 heavy (non-hydrogen) atoms. The van der Waals surface area contributed by atoms with Crippen LogP contribution in [-0.4, -0.2) is 12.1 Å². The summed E-state index contributed by atoms with van der Waals surface area (Å²) < 4.78 is 11.2. The Morgan fingerprint density at radius 1 is 1.08 bits per heavy atom. The quantitative estimate of drug-likeness (QED) is 0.765. The second-order valence-electron chi connectivity index (χ2n) is 5.96. The molecule has 0 bridgehead atoms. The van der Waals surface area contributed by atoms with Crippen molar-refractivity contribution in [3.05, 3.63) is 85.8 Å². The van der Waals surface area contributed by atoms with Gasteiger partial charge in [-0.25, -0.2) is 0 Å². The fourth-order valence-electron chi connectivity index (χ4n) is 2.91. The number of hydrogen-bond donors (Lipinski definition) is 1. The summed E-state index contributed by atoms with van der Waals surface area (Å²) >= 11 is 1.20. The van der Waals surface area contributed by atoms with Crippen LogP contribution in [0.15, 0.2) is 59.4 Å². The minimum absolute atomic E-state index is 0.00889. The van der Waals surface area contributed by atoms with Crippen LogP contribution in [0.2, 0.25) is 0 Å². The van der Waals surface area contributed by atoms with Crippen LogP contribution in [0.3, 0.4) is 0 Å². The van der Waals surface area contributed by atoms with Gasteiger partial charge in [0.15, 0.2) is 0 Å². The number of aryl methyl sites for hydroxylation is 1. The lowest BCUT2D eigenvalue weighted by molar-refractivity contribution is 0.414. The van der Waals surface area contributed by atoms with E-state index in [1.807, 2.05) is 24.3 Å². The van der Waals surface area contributed by atoms with Crippen molar-refractivity contribution in [2.45, 2.75) is 12.8 Å². The third-order valence-corrected chi connectivity index (χ3v) is 5.21. The minimum Gasteiger partial charge on any atom is -0.497 e. The van der Waals surface area contributed by atoms with Crippen molar-refractivity contribution in [3.8, 4) is 11.6 Å². The zero-order valence-electron chi connectivity index (χ0n) is 13.9. The lowest BCUT2D eigenvalue weighted by atomic mass is 9.93. The third kappa shape index (κ3) is 2.98. The normalized spacial score (nSPS) is 15.9. The van der Waals surface area contributed by atoms with Gasteiger partial charge in [0.2, 0.25) is 5.88 Å². The molecule has 126 valence electrons. The number of rotatable bonds is 3. The van der Waals surface area contributed by atoms with Crippen molar-refractivity contribution in [2.24, 2.45) is 0 Å². The molecule has 2 aromatic carbocycles. The highest BCUT2D eigenvalue weighted by Crippen LogP contribution is 2.41. The van der Waals surface area contributed by atoms with Gasteiger partial charge in [0, 0.05) is 11.5 Å². The largest absolute Gasteiger partial charge is 0.497 e. The van der Waals surface area contributed by atoms with Gasteiger partial charge in [0.1, 0.15) is 11.5 Å². The molecule has 5 heteroatoms. The van der Waals surface area contributed by atoms with Crippen LogP contribution >= 0.6 is 11.3 Å². The summed E-state index contributed by atoms with van der Waals surface area (Å²) in [7, 11) is 1.64. The van der Waals surface area contributed by atoms with E-state index >= 15 is 0 Å². The molecular formula is C20H17NO3S. The van der Waals surface area contributed by atoms with Crippen LogP contribution in [0.1, 0.15) is 27.5 Å². The Bertz CT molecular complexity index is 981. The average molecular weight is 351 g/mol. The van der Waals surface area contributed by atoms with Crippen LogP contribution in [0.4, 0.5) is 0 Å². The van der Waals surface area contributed by atoms with E-state index in [-0.39, 0.29) is 10.8 Å². The first-order valence-corrected chi connectivity index (χ1v) is 8.79. The van der Waals surface area contributed by atoms with Crippen molar-refractivity contribution in [3.63, 3.8) is 0 Å². The molecule has 1 aliphatic rings. The second-order valence-corrected chi connectivity index (χ2v) is 6.97. The van der Waals surface area contributed by atoms with Crippen LogP contribution in [0.25, 0.3) is 5.76 Å². The maximum atomic E-state index is 11.9. The Morgan fingerprint density at radius 3 is 2.48 bits per heavy atom. The first-order valence-electron chi connectivity index (χ1n) is 7.98. The summed E-state index contributed by atoms with van der Waals surface area (Å²) in [5, 5.41) is 0. The maximum Gasteiger partial charge on any atom is 0.307 e. The molecule has 0 radical (unpaired) electrons. The first kappa shape index (κ1) is 15.7. The van der Waals surface area contributed by atoms with Crippen molar-refractivity contribution in [1.29, 1.82) is 0 Å². The van der Waals surface area contributed by atoms with Gasteiger partial charge in [0.25, 0.3) is 0 Å². The lowest BCUT2D eigenvalue weighted by Gasteiger charge is -2.22. The summed E-state index contributed by atoms with van der Waals surface area (Å²) in [6, 6.07) is 16.1. The van der Waals surface area contributed by atoms with E-state index in [4.69, 9.17) is 9.47 Å². The number of allylic oxidation sites excluding steroid dienone is 1. The highest BCUT2D eigenvalue weighted by Gasteiger charge is 2.27. The number of ether oxygens (including phenoxy) is 2. The number of aromatic amines is 1. The molecule has 0 saturated heterocycles. The van der Waals surface area contributed by atoms with Crippen LogP contribution in [0.5, 0.6) is 11.6 Å². The molecule has 1 unspecified atom stereocenters. The summed E-state index contributed by atoms with van der Waals surface area (Å²) in [6.45, 7) is 2.06. The number of nitrogens with one attached hydrogen (secondary N) is 1. The van der Waals surface area contributed by atoms with E-state index < -0.39 is 0 Å². The molecule has 4 rings (SSSR count). The molecule has 2 heterocycles. The van der Waals surface area contributed by atoms with Crippen molar-refractivity contribution < 1.29 is 9.47 Å². The minimum atomic E-state index is -0.105. The van der Waals surface area contributed by atoms with Gasteiger partial charge >= 0.3 is 4.87 Å². The molecule has 0 saturated carbocycles. The van der Waals surface area contributed by atoms with Crippen molar-refractivity contribution in [2.75, 3.05) is 7.11 Å². The molecule has 1 aromatic heterocycles. The summed E-state index contributed by atoms with van der Waals surface area (Å²) in [5.74, 6) is 2.05. The number of thiazole rings is 1. The zero-order valence-corrected chi connectivity index (χ0v) is 14.7. The molecule has 4 nitrogen and oxygen atoms in total. The van der Waals surface area contributed by atoms with Crippen molar-refractivity contribution in [1.82, 2.24) is 4.98 Å². The zero-order chi connectivity index (χ0) is 17.4. The first-order chi connectivity index (χ1) is 12.1. The summed E-state index contributed by atoms with van der Waals surface area (Å²) in [6.07, 6.45) is 2.07. The Balaban J connectivity index is 1.80. The Kier molecular flexibility index (Phi) is 3.93. The smallest absolute Gasteiger partial charge is 0.307 e. The van der Waals surface area contributed by atoms with Crippen LogP contribution < -0.4 is 14.3 Å². The highest BCUT2D eigenvalue weighted by atomic mass is 32.1. The van der Waals surface area contributed by atoms with Gasteiger partial charge in [-0.05, 0) is 42.8 Å². The molecule has 1 aliphatic heterocycles. The third-order valence-electron chi connectivity index (χ3n) is 4.27. The Hall–Kier alpha value is -2.79. The molecule has 3 aromatic rings. The lowest BCUT2D eigenvalue weighted by Crippen LogP contribution is -2.09. The summed E-state index contributed by atoms with van der Waals surface area (Å²) in [5.41, 5.74) is 3.28. The van der Waals surface area contributed by atoms with Gasteiger partial charge in [-0.3, -0.25) is 9.78 Å². The predicted molar refractivity (Wildman–Crippen MR) is 99.6 cm³/mol. The SMILES string of the molecule is COc1ccc(C2=CC(c3ccc(C)cc3)c3sc(=O)[nH]c3O2)cc1. The molecule has 0 spiro atoms. The molecule has 0 amide bonds. The topological polar surface area (TPSA) is 51.3 Å². The van der Waals surface area contributed by atoms with Gasteiger partial charge in [0.05, 0.1) is 12.0 Å². The van der Waals surface area contributed by atoms with Crippen molar-refractivity contribution >= 4 is 17.1 Å². The van der Waals surface area contributed by atoms with E-state index in [0.29, 0.717) is 5.88 Å². The van der Waals surface area contributed by atoms with E-state index in [1.54, 1.807) is 7.11 Å². The van der Waals surface area contributed by atoms with Gasteiger partial charge in [-0.2, -0.15) is 0 Å². The number of H-pyrrole nitrogens is 1. The predicted octanol–water partition coefficient (Wildman–Crippen LogP) is 4.32. The molecule has 1 atom stereocenters. The highest BCUT2D eigenvalue weighted by molar-refractivity contribution is 7.09. The summed E-state index contributed by atoms with van der Waals surface area (Å²) in [4.78, 5) is 15.5. The molecular weight excluding hydrogens is 334 g/mol. The monoisotopic (exact) mass is 351 g/mol. The van der Waals surface area contributed by atoms with E-state index in [2.05, 4.69) is 42.2 Å². The van der Waals surface area contributed by atoms with Gasteiger partial charge in [-0.15, -0.1) is 0 Å². The number of methoxy groups -OCH3 is 1. The second kappa shape index (κ2) is 6.26. The van der Waals surface area contributed by atoms with E-state index in [1.165, 1.54) is 16.9 Å². The average Bonchev–Trinajstić information content (AvgIpc) is 3.02. The Labute approximate surface area is 149 Å². The molecule has 0 fully saturated rings. The van der Waals surface area contributed by atoms with Gasteiger partial charge in [-0.1, -0.05) is 41.2 Å². The number of fused-ring (bicyclic) bond motifs is 1. The van der Waals surface area contributed by atoms with Crippen LogP contribution in [-0.2, 0) is 0 Å². The fourth-order valence-corrected chi connectivity index (χ4v) is 3.77. The standard InChI is InChI=1S/C20H17NO3S/c1-12-3-5-13(6-4-12)16-11-17(14-7-9-15(23-2)10-8-14)24-19-18(16)25-20(22)21-19/h3-11,16H,1-2H3,(H,21,22). The number of aromatic nitrogens is 1. The number of hydrogen-bond acceptors (Lipinski definition) is 4. The Morgan fingerprint density at radius 2 is 1.80 bits per heavy atom. The van der Waals surface area contributed by atoms with Crippen LogP contribution in [0, 0.1) is 6.92 Å². The number of benzene rings is 2. The molecule has 1 N–H and O–H groups in total. The molecule has 0 aliphatic carbocycles. The van der Waals surface area contributed by atoms with E-state index in [9.17, 15) is 4.79 Å². The van der Waals surface area contributed by atoms with E-state index in [0.717, 1.165) is 27.5 Å². The fraction of sp³-hybridized carbons (Fsp3) is 0.150.